The zero-order chi connectivity index (χ0) is 35.0. The Bertz CT molecular complexity index is 1750. The highest BCUT2D eigenvalue weighted by molar-refractivity contribution is 6.35. The summed E-state index contributed by atoms with van der Waals surface area (Å²) in [4.78, 5) is 35.1. The van der Waals surface area contributed by atoms with Crippen LogP contribution < -0.4 is 14.4 Å². The van der Waals surface area contributed by atoms with Crippen molar-refractivity contribution >= 4 is 41.0 Å². The number of ether oxygens (including phenoxy) is 4. The first-order valence-electron chi connectivity index (χ1n) is 16.9. The average Bonchev–Trinajstić information content (AvgIpc) is 3.15. The lowest BCUT2D eigenvalue weighted by atomic mass is 9.86. The standard InChI is InChI=1S/C39H41Cl2N3O6/c1-47-34-15-14-29(21-36(34)48-2)35(22-31-32(40)23-42-24-33(31)41)49-38(45)28-12-10-26(11-13-28)7-6-18-44(30-8-4-3-5-9-30)39(46)50-37-25-43-19-16-27(37)17-20-43/h3-5,8-15,21,23-24,27,35,37H,6-7,16-20,22,25H2,1-2H3/t35-,37-/m0/s1. The van der Waals surface area contributed by atoms with Crippen molar-refractivity contribution in [1.82, 2.24) is 9.88 Å². The molecule has 3 aliphatic heterocycles. The van der Waals surface area contributed by atoms with E-state index in [2.05, 4.69) is 9.88 Å². The van der Waals surface area contributed by atoms with Crippen molar-refractivity contribution in [2.45, 2.75) is 44.3 Å². The molecular weight excluding hydrogens is 677 g/mol. The number of carbonyl (C=O) groups excluding carboxylic acids is 2. The molecule has 0 N–H and O–H groups in total. The summed E-state index contributed by atoms with van der Waals surface area (Å²) in [6.45, 7) is 3.49. The van der Waals surface area contributed by atoms with E-state index in [1.807, 2.05) is 48.5 Å². The van der Waals surface area contributed by atoms with Gasteiger partial charge in [-0.15, -0.1) is 0 Å². The van der Waals surface area contributed by atoms with Gasteiger partial charge >= 0.3 is 12.1 Å². The Hall–Kier alpha value is -4.31. The number of piperidine rings is 3. The van der Waals surface area contributed by atoms with E-state index in [-0.39, 0.29) is 18.6 Å². The van der Waals surface area contributed by atoms with Crippen molar-refractivity contribution in [1.29, 1.82) is 0 Å². The van der Waals surface area contributed by atoms with Gasteiger partial charge in [0.15, 0.2) is 11.5 Å². The molecule has 2 atom stereocenters. The number of hydrogen-bond acceptors (Lipinski definition) is 8. The van der Waals surface area contributed by atoms with Crippen molar-refractivity contribution in [3.05, 3.63) is 117 Å². The third kappa shape index (κ3) is 8.52. The predicted octanol–water partition coefficient (Wildman–Crippen LogP) is 8.22. The summed E-state index contributed by atoms with van der Waals surface area (Å²) in [6.07, 6.45) is 5.73. The molecule has 0 radical (unpaired) electrons. The summed E-state index contributed by atoms with van der Waals surface area (Å²) in [5.41, 5.74) is 3.55. The van der Waals surface area contributed by atoms with E-state index in [1.165, 1.54) is 12.4 Å². The van der Waals surface area contributed by atoms with Gasteiger partial charge in [0.05, 0.1) is 29.8 Å². The molecule has 0 saturated carbocycles. The average molecular weight is 719 g/mol. The second-order valence-electron chi connectivity index (χ2n) is 12.6. The molecule has 3 aliphatic rings. The van der Waals surface area contributed by atoms with E-state index >= 15 is 0 Å². The summed E-state index contributed by atoms with van der Waals surface area (Å²) in [7, 11) is 3.10. The molecule has 0 unspecified atom stereocenters. The van der Waals surface area contributed by atoms with Crippen molar-refractivity contribution in [2.24, 2.45) is 5.92 Å². The number of halogens is 2. The van der Waals surface area contributed by atoms with E-state index in [0.29, 0.717) is 63.5 Å². The predicted molar refractivity (Wildman–Crippen MR) is 194 cm³/mol. The van der Waals surface area contributed by atoms with Gasteiger partial charge in [-0.1, -0.05) is 59.6 Å². The van der Waals surface area contributed by atoms with Crippen LogP contribution in [-0.2, 0) is 22.3 Å². The number of nitrogens with zero attached hydrogens (tertiary/aromatic N) is 3. The summed E-state index contributed by atoms with van der Waals surface area (Å²) >= 11 is 12.9. The number of carbonyl (C=O) groups is 2. The van der Waals surface area contributed by atoms with Crippen LogP contribution in [-0.4, -0.2) is 68.4 Å². The maximum absolute atomic E-state index is 13.5. The van der Waals surface area contributed by atoms with Crippen molar-refractivity contribution in [3.63, 3.8) is 0 Å². The van der Waals surface area contributed by atoms with Crippen molar-refractivity contribution in [3.8, 4) is 11.5 Å². The number of amides is 1. The molecule has 3 fully saturated rings. The Balaban J connectivity index is 1.11. The SMILES string of the molecule is COc1ccc([C@H](Cc2c(Cl)cncc2Cl)OC(=O)c2ccc(CCCN(C(=O)O[C@H]3CN4CCC3CC4)c3ccccc3)cc2)cc1OC. The van der Waals surface area contributed by atoms with Crippen LogP contribution in [0.25, 0.3) is 0 Å². The normalized spacial score (nSPS) is 18.6. The fourth-order valence-electron chi connectivity index (χ4n) is 6.72. The molecule has 7 rings (SSSR count). The zero-order valence-electron chi connectivity index (χ0n) is 28.2. The number of rotatable bonds is 13. The topological polar surface area (TPSA) is 90.4 Å². The molecule has 50 heavy (non-hydrogen) atoms. The van der Waals surface area contributed by atoms with Crippen LogP contribution in [0.3, 0.4) is 0 Å². The highest BCUT2D eigenvalue weighted by Crippen LogP contribution is 2.36. The quantitative estimate of drug-likeness (QED) is 0.128. The van der Waals surface area contributed by atoms with Crippen LogP contribution >= 0.6 is 23.2 Å². The van der Waals surface area contributed by atoms with Gasteiger partial charge in [-0.25, -0.2) is 9.59 Å². The first kappa shape index (κ1) is 35.5. The van der Waals surface area contributed by atoms with Crippen LogP contribution in [0, 0.1) is 5.92 Å². The molecule has 4 aromatic rings. The molecule has 4 heterocycles. The Morgan fingerprint density at radius 2 is 1.62 bits per heavy atom. The fourth-order valence-corrected chi connectivity index (χ4v) is 7.24. The number of aryl methyl sites for hydroxylation is 1. The maximum atomic E-state index is 13.5. The number of pyridine rings is 1. The van der Waals surface area contributed by atoms with E-state index in [4.69, 9.17) is 42.1 Å². The number of para-hydroxylation sites is 1. The number of esters is 1. The minimum absolute atomic E-state index is 0.0615. The van der Waals surface area contributed by atoms with E-state index in [1.54, 1.807) is 43.4 Å². The molecule has 0 aliphatic carbocycles. The van der Waals surface area contributed by atoms with E-state index in [9.17, 15) is 9.59 Å². The van der Waals surface area contributed by atoms with Gasteiger partial charge in [-0.05, 0) is 97.8 Å². The number of aromatic nitrogens is 1. The van der Waals surface area contributed by atoms with E-state index in [0.717, 1.165) is 43.7 Å². The number of hydrogen-bond donors (Lipinski definition) is 0. The van der Waals surface area contributed by atoms with Gasteiger partial charge in [0.1, 0.15) is 12.2 Å². The Labute approximate surface area is 303 Å². The Morgan fingerprint density at radius 1 is 0.920 bits per heavy atom. The molecule has 262 valence electrons. The maximum Gasteiger partial charge on any atom is 0.414 e. The van der Waals surface area contributed by atoms with Gasteiger partial charge in [0.2, 0.25) is 0 Å². The number of methoxy groups -OCH3 is 2. The monoisotopic (exact) mass is 717 g/mol. The fraction of sp³-hybridized carbons (Fsp3) is 0.359. The smallest absolute Gasteiger partial charge is 0.414 e. The molecule has 2 bridgehead atoms. The summed E-state index contributed by atoms with van der Waals surface area (Å²) < 4.78 is 23.1. The molecular formula is C39H41Cl2N3O6. The number of anilines is 1. The van der Waals surface area contributed by atoms with E-state index < -0.39 is 12.1 Å². The first-order valence-corrected chi connectivity index (χ1v) is 17.6. The highest BCUT2D eigenvalue weighted by atomic mass is 35.5. The van der Waals surface area contributed by atoms with Crippen LogP contribution in [0.2, 0.25) is 10.0 Å². The van der Waals surface area contributed by atoms with Gasteiger partial charge < -0.3 is 18.9 Å². The van der Waals surface area contributed by atoms with Crippen molar-refractivity contribution in [2.75, 3.05) is 45.3 Å². The molecule has 3 aromatic carbocycles. The number of fused-ring (bicyclic) bond motifs is 3. The number of benzene rings is 3. The molecule has 0 spiro atoms. The second-order valence-corrected chi connectivity index (χ2v) is 13.5. The molecule has 11 heteroatoms. The zero-order valence-corrected chi connectivity index (χ0v) is 29.7. The summed E-state index contributed by atoms with van der Waals surface area (Å²) in [5, 5.41) is 0.753. The Morgan fingerprint density at radius 3 is 2.26 bits per heavy atom. The van der Waals surface area contributed by atoms with Crippen LogP contribution in [0.1, 0.15) is 52.4 Å². The lowest BCUT2D eigenvalue weighted by molar-refractivity contribution is -0.0310. The lowest BCUT2D eigenvalue weighted by Gasteiger charge is -2.44. The molecule has 3 saturated heterocycles. The largest absolute Gasteiger partial charge is 0.493 e. The third-order valence-electron chi connectivity index (χ3n) is 9.54. The van der Waals surface area contributed by atoms with Crippen LogP contribution in [0.4, 0.5) is 10.5 Å². The highest BCUT2D eigenvalue weighted by Gasteiger charge is 2.37. The minimum atomic E-state index is -0.732. The summed E-state index contributed by atoms with van der Waals surface area (Å²) in [6, 6.07) is 22.4. The second kappa shape index (κ2) is 16.6. The van der Waals surface area contributed by atoms with Gasteiger partial charge in [0, 0.05) is 37.6 Å². The van der Waals surface area contributed by atoms with Gasteiger partial charge in [0.25, 0.3) is 0 Å². The summed E-state index contributed by atoms with van der Waals surface area (Å²) in [5.74, 6) is 0.992. The van der Waals surface area contributed by atoms with Gasteiger partial charge in [-0.3, -0.25) is 14.8 Å². The first-order chi connectivity index (χ1) is 24.3. The molecule has 9 nitrogen and oxygen atoms in total. The lowest BCUT2D eigenvalue weighted by Crippen LogP contribution is -2.53. The van der Waals surface area contributed by atoms with Gasteiger partial charge in [-0.2, -0.15) is 0 Å². The van der Waals surface area contributed by atoms with Crippen LogP contribution in [0.5, 0.6) is 11.5 Å². The third-order valence-corrected chi connectivity index (χ3v) is 10.2. The minimum Gasteiger partial charge on any atom is -0.493 e. The Kier molecular flexibility index (Phi) is 11.8. The molecule has 1 amide bonds. The molecule has 1 aromatic heterocycles. The van der Waals surface area contributed by atoms with Crippen LogP contribution in [0.15, 0.2) is 85.2 Å². The van der Waals surface area contributed by atoms with Crippen molar-refractivity contribution < 1.29 is 28.5 Å².